The minimum atomic E-state index is -2.27. The maximum atomic E-state index is 8.18. The highest BCUT2D eigenvalue weighted by Crippen LogP contribution is 2.45. The smallest absolute Gasteiger partial charge is 0.0704 e. The molecule has 0 atom stereocenters. The first-order valence-electron chi connectivity index (χ1n) is 26.0. The van der Waals surface area contributed by atoms with E-state index in [9.17, 15) is 0 Å². The predicted octanol–water partition coefficient (Wildman–Crippen LogP) is 18.5. The van der Waals surface area contributed by atoms with Crippen LogP contribution in [0.3, 0.4) is 0 Å². The van der Waals surface area contributed by atoms with Crippen LogP contribution in [0.25, 0.3) is 123 Å². The van der Waals surface area contributed by atoms with Gasteiger partial charge in [-0.1, -0.05) is 200 Å². The number of pyridine rings is 3. The maximum Gasteiger partial charge on any atom is 0.0704 e. The molecular formula is C70H49N3. The summed E-state index contributed by atoms with van der Waals surface area (Å²) in [4.78, 5) is 13.9. The zero-order valence-corrected chi connectivity index (χ0v) is 39.9. The summed E-state index contributed by atoms with van der Waals surface area (Å²) in [5.41, 5.74) is 23.0. The van der Waals surface area contributed by atoms with Crippen molar-refractivity contribution in [1.29, 1.82) is 0 Å². The molecule has 3 nitrogen and oxygen atoms in total. The Kier molecular flexibility index (Phi) is 11.3. The van der Waals surface area contributed by atoms with Crippen LogP contribution in [-0.2, 0) is 0 Å². The van der Waals surface area contributed by atoms with Gasteiger partial charge in [-0.2, -0.15) is 0 Å². The van der Waals surface area contributed by atoms with Crippen molar-refractivity contribution < 1.29 is 4.11 Å². The van der Waals surface area contributed by atoms with Gasteiger partial charge in [0.1, 0.15) is 0 Å². The summed E-state index contributed by atoms with van der Waals surface area (Å²) >= 11 is 0. The van der Waals surface area contributed by atoms with Crippen LogP contribution in [0.15, 0.2) is 279 Å². The maximum absolute atomic E-state index is 8.18. The van der Waals surface area contributed by atoms with E-state index < -0.39 is 6.85 Å². The Bertz CT molecular complexity index is 3840. The van der Waals surface area contributed by atoms with Gasteiger partial charge in [-0.05, 0) is 162 Å². The van der Waals surface area contributed by atoms with E-state index in [-0.39, 0.29) is 5.56 Å². The SMILES string of the molecule is [2H]C([2H])([2H])c1ccnc(-c2ccc(-c3ccccc3-c3cc(-c4ccccc4-c4ccc(-c5ccccn5)cc4)cc(-c4ccccc4-c4ccc(-c5ccccn5)cc4)c3)c(-c3ccc(-c4ccccc4)cc3)c2)c1. The second-order valence-corrected chi connectivity index (χ2v) is 18.2. The van der Waals surface area contributed by atoms with Crippen molar-refractivity contribution in [2.75, 3.05) is 0 Å². The van der Waals surface area contributed by atoms with Gasteiger partial charge in [0.2, 0.25) is 0 Å². The van der Waals surface area contributed by atoms with E-state index in [4.69, 9.17) is 9.10 Å². The minimum absolute atomic E-state index is 0.252. The van der Waals surface area contributed by atoms with Gasteiger partial charge in [0.05, 0.1) is 17.1 Å². The van der Waals surface area contributed by atoms with Gasteiger partial charge >= 0.3 is 0 Å². The van der Waals surface area contributed by atoms with Gasteiger partial charge in [0.15, 0.2) is 0 Å². The average molecular weight is 935 g/mol. The summed E-state index contributed by atoms with van der Waals surface area (Å²) < 4.78 is 24.5. The first kappa shape index (κ1) is 41.2. The zero-order valence-electron chi connectivity index (χ0n) is 42.9. The van der Waals surface area contributed by atoms with Gasteiger partial charge < -0.3 is 0 Å². The molecule has 344 valence electrons. The lowest BCUT2D eigenvalue weighted by Gasteiger charge is -2.19. The molecule has 0 unspecified atom stereocenters. The zero-order chi connectivity index (χ0) is 51.4. The Morgan fingerprint density at radius 1 is 0.219 bits per heavy atom. The van der Waals surface area contributed by atoms with E-state index in [2.05, 4.69) is 216 Å². The lowest BCUT2D eigenvalue weighted by molar-refractivity contribution is 1.29. The fraction of sp³-hybridized carbons (Fsp3) is 0.0143. The van der Waals surface area contributed by atoms with Crippen molar-refractivity contribution in [2.45, 2.75) is 6.85 Å². The van der Waals surface area contributed by atoms with Crippen LogP contribution in [0.2, 0.25) is 0 Å². The lowest BCUT2D eigenvalue weighted by atomic mass is 9.84. The topological polar surface area (TPSA) is 38.7 Å². The van der Waals surface area contributed by atoms with Gasteiger partial charge in [0, 0.05) is 39.4 Å². The molecule has 12 aromatic rings. The highest BCUT2D eigenvalue weighted by Gasteiger charge is 2.19. The number of rotatable bonds is 11. The Morgan fingerprint density at radius 3 is 1.08 bits per heavy atom. The third-order valence-corrected chi connectivity index (χ3v) is 13.6. The molecule has 73 heavy (non-hydrogen) atoms. The average Bonchev–Trinajstić information content (AvgIpc) is 3.51. The van der Waals surface area contributed by atoms with Crippen molar-refractivity contribution in [2.24, 2.45) is 0 Å². The van der Waals surface area contributed by atoms with Crippen LogP contribution in [0, 0.1) is 6.85 Å². The molecule has 3 aromatic heterocycles. The molecular weight excluding hydrogens is 883 g/mol. The molecule has 3 heterocycles. The van der Waals surface area contributed by atoms with Gasteiger partial charge in [-0.3, -0.25) is 15.0 Å². The van der Waals surface area contributed by atoms with Crippen LogP contribution in [0.5, 0.6) is 0 Å². The standard InChI is InChI=1S/C70H49N3/c1-48-39-42-73-70(43-48)56-37-38-66(67(47-56)53-27-25-50(26-28-53)49-15-3-2-4-16-49)65-22-10-9-21-64(65)59-45-57(62-19-7-5-17-60(62)51-29-33-54(34-30-51)68-23-11-13-40-71-68)44-58(46-59)63-20-8-6-18-61(63)52-31-35-55(36-32-52)69-24-12-14-41-72-69/h2-47H,1H3/i1D3. The number of hydrogen-bond donors (Lipinski definition) is 0. The predicted molar refractivity (Wildman–Crippen MR) is 304 cm³/mol. The summed E-state index contributed by atoms with van der Waals surface area (Å²) in [5.74, 6) is 0. The monoisotopic (exact) mass is 934 g/mol. The summed E-state index contributed by atoms with van der Waals surface area (Å²) in [6.07, 6.45) is 5.25. The second kappa shape index (κ2) is 20.0. The first-order chi connectivity index (χ1) is 37.3. The summed E-state index contributed by atoms with van der Waals surface area (Å²) in [5, 5.41) is 0. The normalized spacial score (nSPS) is 11.9. The van der Waals surface area contributed by atoms with E-state index in [0.29, 0.717) is 5.69 Å². The van der Waals surface area contributed by atoms with Crippen molar-refractivity contribution >= 4 is 0 Å². The van der Waals surface area contributed by atoms with Crippen LogP contribution in [0.1, 0.15) is 9.68 Å². The van der Waals surface area contributed by atoms with Crippen molar-refractivity contribution in [3.63, 3.8) is 0 Å². The van der Waals surface area contributed by atoms with Gasteiger partial charge in [-0.25, -0.2) is 0 Å². The molecule has 0 aliphatic carbocycles. The fourth-order valence-corrected chi connectivity index (χ4v) is 9.98. The molecule has 9 aromatic carbocycles. The molecule has 0 N–H and O–H groups in total. The number of hydrogen-bond acceptors (Lipinski definition) is 3. The molecule has 0 spiro atoms. The van der Waals surface area contributed by atoms with Crippen LogP contribution >= 0.6 is 0 Å². The quantitative estimate of drug-likeness (QED) is 0.130. The molecule has 0 bridgehead atoms. The Morgan fingerprint density at radius 2 is 0.589 bits per heavy atom. The number of benzene rings is 9. The minimum Gasteiger partial charge on any atom is -0.256 e. The summed E-state index contributed by atoms with van der Waals surface area (Å²) in [6.45, 7) is -2.27. The Labute approximate surface area is 431 Å². The summed E-state index contributed by atoms with van der Waals surface area (Å²) in [7, 11) is 0. The Balaban J connectivity index is 1.04. The van der Waals surface area contributed by atoms with Crippen molar-refractivity contribution in [3.8, 4) is 123 Å². The number of aryl methyl sites for hydroxylation is 1. The fourth-order valence-electron chi connectivity index (χ4n) is 9.98. The molecule has 0 saturated carbocycles. The lowest BCUT2D eigenvalue weighted by Crippen LogP contribution is -1.94. The molecule has 0 fully saturated rings. The second-order valence-electron chi connectivity index (χ2n) is 18.2. The third-order valence-electron chi connectivity index (χ3n) is 13.6. The van der Waals surface area contributed by atoms with Crippen molar-refractivity contribution in [3.05, 3.63) is 285 Å². The largest absolute Gasteiger partial charge is 0.256 e. The van der Waals surface area contributed by atoms with E-state index in [1.165, 1.54) is 0 Å². The van der Waals surface area contributed by atoms with Gasteiger partial charge in [-0.15, -0.1) is 0 Å². The number of aromatic nitrogens is 3. The van der Waals surface area contributed by atoms with E-state index in [0.717, 1.165) is 117 Å². The molecule has 0 aliphatic rings. The van der Waals surface area contributed by atoms with Crippen LogP contribution in [-0.4, -0.2) is 15.0 Å². The molecule has 0 amide bonds. The Hall–Kier alpha value is -9.57. The highest BCUT2D eigenvalue weighted by molar-refractivity contribution is 5.97. The van der Waals surface area contributed by atoms with Gasteiger partial charge in [0.25, 0.3) is 0 Å². The highest BCUT2D eigenvalue weighted by atomic mass is 14.7. The molecule has 3 heteroatoms. The molecule has 0 aliphatic heterocycles. The number of nitrogens with zero attached hydrogens (tertiary/aromatic N) is 3. The van der Waals surface area contributed by atoms with Crippen molar-refractivity contribution in [1.82, 2.24) is 15.0 Å². The van der Waals surface area contributed by atoms with E-state index in [1.54, 1.807) is 18.3 Å². The molecule has 0 saturated heterocycles. The van der Waals surface area contributed by atoms with E-state index >= 15 is 0 Å². The first-order valence-corrected chi connectivity index (χ1v) is 24.5. The van der Waals surface area contributed by atoms with Crippen LogP contribution in [0.4, 0.5) is 0 Å². The van der Waals surface area contributed by atoms with E-state index in [1.807, 2.05) is 54.9 Å². The van der Waals surface area contributed by atoms with Crippen LogP contribution < -0.4 is 0 Å². The third kappa shape index (κ3) is 9.32. The molecule has 12 rings (SSSR count). The molecule has 0 radical (unpaired) electrons. The summed E-state index contributed by atoms with van der Waals surface area (Å²) in [6, 6.07) is 91.1.